The van der Waals surface area contributed by atoms with Crippen LogP contribution < -0.4 is 9.64 Å². The van der Waals surface area contributed by atoms with Crippen molar-refractivity contribution in [2.24, 2.45) is 0 Å². The summed E-state index contributed by atoms with van der Waals surface area (Å²) >= 11 is 0. The maximum atomic E-state index is 12.3. The fraction of sp³-hybridized carbons (Fsp3) is 0.118. The average Bonchev–Trinajstić information content (AvgIpc) is 2.73. The van der Waals surface area contributed by atoms with E-state index in [4.69, 9.17) is 4.74 Å². The monoisotopic (exact) mass is 263 g/mol. The first-order valence-corrected chi connectivity index (χ1v) is 6.53. The fourth-order valence-corrected chi connectivity index (χ4v) is 3.12. The zero-order valence-electron chi connectivity index (χ0n) is 11.3. The maximum Gasteiger partial charge on any atom is 0.258 e. The number of hydrogen-bond donors (Lipinski definition) is 0. The van der Waals surface area contributed by atoms with Crippen LogP contribution in [0, 0.1) is 0 Å². The summed E-state index contributed by atoms with van der Waals surface area (Å²) in [6, 6.07) is 13.9. The van der Waals surface area contributed by atoms with E-state index in [9.17, 15) is 4.79 Å². The molecule has 3 nitrogen and oxygen atoms in total. The maximum absolute atomic E-state index is 12.3. The summed E-state index contributed by atoms with van der Waals surface area (Å²) in [6.07, 6.45) is 0. The van der Waals surface area contributed by atoms with Crippen molar-refractivity contribution < 1.29 is 9.53 Å². The van der Waals surface area contributed by atoms with E-state index in [0.29, 0.717) is 0 Å². The number of benzene rings is 3. The number of nitrogens with zero attached hydrogens (tertiary/aromatic N) is 1. The third-order valence-electron chi connectivity index (χ3n) is 4.06. The number of amides is 1. The van der Waals surface area contributed by atoms with E-state index in [2.05, 4.69) is 18.2 Å². The van der Waals surface area contributed by atoms with E-state index >= 15 is 0 Å². The van der Waals surface area contributed by atoms with Crippen molar-refractivity contribution in [3.05, 3.63) is 48.0 Å². The molecule has 3 heteroatoms. The summed E-state index contributed by atoms with van der Waals surface area (Å²) in [7, 11) is 3.50. The lowest BCUT2D eigenvalue weighted by Gasteiger charge is -2.13. The first kappa shape index (κ1) is 11.3. The fourth-order valence-electron chi connectivity index (χ4n) is 3.12. The third kappa shape index (κ3) is 1.22. The third-order valence-corrected chi connectivity index (χ3v) is 4.06. The Labute approximate surface area is 116 Å². The van der Waals surface area contributed by atoms with Crippen molar-refractivity contribution in [3.8, 4) is 5.75 Å². The number of rotatable bonds is 1. The second-order valence-electron chi connectivity index (χ2n) is 5.05. The molecule has 4 rings (SSSR count). The van der Waals surface area contributed by atoms with Gasteiger partial charge in [-0.05, 0) is 29.0 Å². The molecular formula is C17H13NO2. The largest absolute Gasteiger partial charge is 0.496 e. The Balaban J connectivity index is 2.30. The summed E-state index contributed by atoms with van der Waals surface area (Å²) in [5.74, 6) is 0.896. The van der Waals surface area contributed by atoms with Gasteiger partial charge in [0, 0.05) is 23.4 Å². The molecule has 3 aromatic carbocycles. The van der Waals surface area contributed by atoms with Gasteiger partial charge in [0.1, 0.15) is 5.75 Å². The van der Waals surface area contributed by atoms with Crippen molar-refractivity contribution in [3.63, 3.8) is 0 Å². The normalized spacial score (nSPS) is 13.5. The smallest absolute Gasteiger partial charge is 0.258 e. The molecule has 1 amide bonds. The molecule has 1 heterocycles. The molecule has 0 bridgehead atoms. The van der Waals surface area contributed by atoms with Crippen LogP contribution in [0.1, 0.15) is 10.4 Å². The van der Waals surface area contributed by atoms with E-state index in [1.165, 1.54) is 0 Å². The number of methoxy groups -OCH3 is 1. The van der Waals surface area contributed by atoms with Crippen LogP contribution in [0.25, 0.3) is 21.5 Å². The van der Waals surface area contributed by atoms with E-state index in [-0.39, 0.29) is 5.91 Å². The molecule has 1 aliphatic rings. The van der Waals surface area contributed by atoms with Gasteiger partial charge in [0.25, 0.3) is 5.91 Å². The molecule has 0 radical (unpaired) electrons. The van der Waals surface area contributed by atoms with Gasteiger partial charge >= 0.3 is 0 Å². The molecule has 0 saturated heterocycles. The quantitative estimate of drug-likeness (QED) is 0.628. The van der Waals surface area contributed by atoms with Crippen LogP contribution in [0.2, 0.25) is 0 Å². The molecule has 0 atom stereocenters. The topological polar surface area (TPSA) is 29.5 Å². The minimum Gasteiger partial charge on any atom is -0.496 e. The molecule has 20 heavy (non-hydrogen) atoms. The first-order valence-electron chi connectivity index (χ1n) is 6.53. The molecule has 1 aliphatic heterocycles. The molecule has 3 aromatic rings. The zero-order valence-corrected chi connectivity index (χ0v) is 11.3. The number of carbonyl (C=O) groups is 1. The highest BCUT2D eigenvalue weighted by atomic mass is 16.5. The van der Waals surface area contributed by atoms with Gasteiger partial charge in [0.2, 0.25) is 0 Å². The van der Waals surface area contributed by atoms with Gasteiger partial charge in [-0.1, -0.05) is 24.3 Å². The number of anilines is 1. The molecule has 98 valence electrons. The van der Waals surface area contributed by atoms with Gasteiger partial charge in [0.15, 0.2) is 0 Å². The van der Waals surface area contributed by atoms with Crippen LogP contribution in [0.15, 0.2) is 42.5 Å². The highest BCUT2D eigenvalue weighted by Crippen LogP contribution is 2.43. The molecule has 0 unspecified atom stereocenters. The van der Waals surface area contributed by atoms with Crippen LogP contribution in [0.5, 0.6) is 5.75 Å². The Bertz CT molecular complexity index is 883. The Morgan fingerprint density at radius 3 is 2.65 bits per heavy atom. The predicted octanol–water partition coefficient (Wildman–Crippen LogP) is 3.59. The van der Waals surface area contributed by atoms with E-state index in [1.807, 2.05) is 31.3 Å². The Kier molecular flexibility index (Phi) is 2.11. The Hall–Kier alpha value is -2.55. The summed E-state index contributed by atoms with van der Waals surface area (Å²) < 4.78 is 5.49. The summed E-state index contributed by atoms with van der Waals surface area (Å²) in [5.41, 5.74) is 1.74. The van der Waals surface area contributed by atoms with Crippen LogP contribution in [-0.4, -0.2) is 20.1 Å². The number of fused-ring (bicyclic) bond motifs is 2. The minimum absolute atomic E-state index is 0.0554. The van der Waals surface area contributed by atoms with Crippen LogP contribution in [-0.2, 0) is 0 Å². The standard InChI is InChI=1S/C17H13NO2/c1-18-13-9-10-5-3-8-14(20-2)15(10)11-6-4-7-12(16(11)13)17(18)19/h3-9H,1-2H3. The lowest BCUT2D eigenvalue weighted by atomic mass is 9.98. The number of carbonyl (C=O) groups excluding carboxylic acids is 1. The van der Waals surface area contributed by atoms with Crippen molar-refractivity contribution in [2.75, 3.05) is 19.1 Å². The minimum atomic E-state index is 0.0554. The second kappa shape index (κ2) is 3.73. The molecule has 0 fully saturated rings. The SMILES string of the molecule is COc1cccc2cc3c4c(cccc4c12)C(=O)N3C. The second-order valence-corrected chi connectivity index (χ2v) is 5.05. The van der Waals surface area contributed by atoms with Gasteiger partial charge in [-0.25, -0.2) is 0 Å². The van der Waals surface area contributed by atoms with Gasteiger partial charge in [-0.2, -0.15) is 0 Å². The van der Waals surface area contributed by atoms with Crippen molar-refractivity contribution in [1.29, 1.82) is 0 Å². The summed E-state index contributed by atoms with van der Waals surface area (Å²) in [6.45, 7) is 0. The van der Waals surface area contributed by atoms with Crippen molar-refractivity contribution in [1.82, 2.24) is 0 Å². The van der Waals surface area contributed by atoms with Gasteiger partial charge in [0.05, 0.1) is 12.8 Å². The van der Waals surface area contributed by atoms with E-state index < -0.39 is 0 Å². The molecular weight excluding hydrogens is 250 g/mol. The molecule has 0 aromatic heterocycles. The lowest BCUT2D eigenvalue weighted by molar-refractivity contribution is 0.0999. The van der Waals surface area contributed by atoms with Gasteiger partial charge in [-0.15, -0.1) is 0 Å². The first-order chi connectivity index (χ1) is 9.72. The lowest BCUT2D eigenvalue weighted by Crippen LogP contribution is -2.20. The Morgan fingerprint density at radius 1 is 1.05 bits per heavy atom. The molecule has 0 spiro atoms. The van der Waals surface area contributed by atoms with Crippen LogP contribution >= 0.6 is 0 Å². The highest BCUT2D eigenvalue weighted by Gasteiger charge is 2.28. The molecule has 0 N–H and O–H groups in total. The summed E-state index contributed by atoms with van der Waals surface area (Å²) in [4.78, 5) is 14.0. The zero-order chi connectivity index (χ0) is 13.9. The molecule has 0 saturated carbocycles. The van der Waals surface area contributed by atoms with Gasteiger partial charge in [-0.3, -0.25) is 4.79 Å². The summed E-state index contributed by atoms with van der Waals surface area (Å²) in [5, 5.41) is 4.26. The van der Waals surface area contributed by atoms with Crippen molar-refractivity contribution in [2.45, 2.75) is 0 Å². The highest BCUT2D eigenvalue weighted by molar-refractivity contribution is 6.30. The average molecular weight is 263 g/mol. The van der Waals surface area contributed by atoms with Crippen molar-refractivity contribution >= 4 is 33.1 Å². The van der Waals surface area contributed by atoms with E-state index in [1.54, 1.807) is 12.0 Å². The van der Waals surface area contributed by atoms with Crippen LogP contribution in [0.4, 0.5) is 5.69 Å². The number of ether oxygens (including phenoxy) is 1. The molecule has 0 aliphatic carbocycles. The number of hydrogen-bond acceptors (Lipinski definition) is 2. The Morgan fingerprint density at radius 2 is 1.85 bits per heavy atom. The predicted molar refractivity (Wildman–Crippen MR) is 80.7 cm³/mol. The van der Waals surface area contributed by atoms with E-state index in [0.717, 1.165) is 38.5 Å². The van der Waals surface area contributed by atoms with Crippen LogP contribution in [0.3, 0.4) is 0 Å². The van der Waals surface area contributed by atoms with Gasteiger partial charge < -0.3 is 9.64 Å².